The Morgan fingerprint density at radius 1 is 0.837 bits per heavy atom. The average Bonchev–Trinajstić information content (AvgIpc) is 3.01. The zero-order valence-electron chi connectivity index (χ0n) is 23.1. The average molecular weight is 579 g/mol. The van der Waals surface area contributed by atoms with Crippen molar-refractivity contribution in [2.45, 2.75) is 6.92 Å². The zero-order chi connectivity index (χ0) is 30.8. The van der Waals surface area contributed by atoms with Crippen LogP contribution in [0.2, 0.25) is 0 Å². The number of non-ortho nitro benzene ring substituents is 1. The van der Waals surface area contributed by atoms with Crippen LogP contribution in [0.25, 0.3) is 6.08 Å². The molecule has 0 radical (unpaired) electrons. The number of carbonyl (C=O) groups excluding carboxylic acids is 3. The summed E-state index contributed by atoms with van der Waals surface area (Å²) in [6.45, 7) is 1.90. The Labute approximate surface area is 246 Å². The maximum absolute atomic E-state index is 12.6. The molecular formula is C32H26N4O7. The Hall–Kier alpha value is -6.10. The van der Waals surface area contributed by atoms with Crippen molar-refractivity contribution in [3.63, 3.8) is 0 Å². The van der Waals surface area contributed by atoms with Crippen LogP contribution in [0.5, 0.6) is 11.5 Å². The number of aryl methyl sites for hydroxylation is 1. The number of nitrogens with zero attached hydrogens (tertiary/aromatic N) is 2. The number of ether oxygens (including phenoxy) is 2. The number of methoxy groups -OCH3 is 1. The lowest BCUT2D eigenvalue weighted by Crippen LogP contribution is -2.18. The van der Waals surface area contributed by atoms with Gasteiger partial charge >= 0.3 is 5.97 Å². The number of benzene rings is 4. The van der Waals surface area contributed by atoms with Crippen molar-refractivity contribution in [3.8, 4) is 11.5 Å². The maximum atomic E-state index is 12.6. The van der Waals surface area contributed by atoms with Gasteiger partial charge in [-0.3, -0.25) is 19.7 Å². The largest absolute Gasteiger partial charge is 0.493 e. The molecule has 11 heteroatoms. The molecule has 216 valence electrons. The van der Waals surface area contributed by atoms with Gasteiger partial charge in [0.2, 0.25) is 0 Å². The van der Waals surface area contributed by atoms with Gasteiger partial charge in [-0.15, -0.1) is 0 Å². The number of nitro benzene ring substituents is 1. The highest BCUT2D eigenvalue weighted by molar-refractivity contribution is 6.05. The van der Waals surface area contributed by atoms with Crippen LogP contribution in [0.1, 0.15) is 37.4 Å². The van der Waals surface area contributed by atoms with Gasteiger partial charge in [-0.1, -0.05) is 23.8 Å². The first-order chi connectivity index (χ1) is 20.7. The summed E-state index contributed by atoms with van der Waals surface area (Å²) in [5, 5.41) is 17.5. The Balaban J connectivity index is 1.34. The molecule has 0 fully saturated rings. The highest BCUT2D eigenvalue weighted by Crippen LogP contribution is 2.28. The van der Waals surface area contributed by atoms with Gasteiger partial charge in [-0.25, -0.2) is 10.2 Å². The minimum absolute atomic E-state index is 0.0542. The lowest BCUT2D eigenvalue weighted by molar-refractivity contribution is -0.384. The van der Waals surface area contributed by atoms with Gasteiger partial charge in [-0.2, -0.15) is 5.10 Å². The number of esters is 1. The van der Waals surface area contributed by atoms with E-state index in [0.717, 1.165) is 5.56 Å². The number of hydrogen-bond acceptors (Lipinski definition) is 8. The Bertz CT molecular complexity index is 1730. The van der Waals surface area contributed by atoms with E-state index in [1.807, 2.05) is 13.0 Å². The minimum Gasteiger partial charge on any atom is -0.493 e. The first-order valence-electron chi connectivity index (χ1n) is 12.9. The van der Waals surface area contributed by atoms with Crippen LogP contribution in [-0.4, -0.2) is 36.0 Å². The van der Waals surface area contributed by atoms with E-state index < -0.39 is 16.8 Å². The van der Waals surface area contributed by atoms with E-state index in [1.54, 1.807) is 54.6 Å². The third-order valence-electron chi connectivity index (χ3n) is 5.96. The first kappa shape index (κ1) is 29.9. The molecule has 2 amide bonds. The second-order valence-electron chi connectivity index (χ2n) is 9.12. The van der Waals surface area contributed by atoms with Crippen molar-refractivity contribution in [2.24, 2.45) is 5.10 Å². The van der Waals surface area contributed by atoms with Crippen LogP contribution >= 0.6 is 0 Å². The normalized spacial score (nSPS) is 10.8. The molecule has 4 aromatic rings. The first-order valence-corrected chi connectivity index (χ1v) is 12.9. The van der Waals surface area contributed by atoms with Gasteiger partial charge in [0.15, 0.2) is 11.5 Å². The highest BCUT2D eigenvalue weighted by Gasteiger charge is 2.11. The number of carbonyl (C=O) groups is 3. The highest BCUT2D eigenvalue weighted by atomic mass is 16.6. The second-order valence-corrected chi connectivity index (χ2v) is 9.12. The molecule has 4 aromatic carbocycles. The molecule has 0 aliphatic carbocycles. The summed E-state index contributed by atoms with van der Waals surface area (Å²) >= 11 is 0. The molecule has 0 heterocycles. The molecule has 2 N–H and O–H groups in total. The predicted molar refractivity (Wildman–Crippen MR) is 161 cm³/mol. The van der Waals surface area contributed by atoms with Crippen LogP contribution in [0.15, 0.2) is 102 Å². The monoisotopic (exact) mass is 578 g/mol. The Kier molecular flexibility index (Phi) is 9.72. The van der Waals surface area contributed by atoms with E-state index in [0.29, 0.717) is 27.9 Å². The SMILES string of the molecule is COc1cc(C=NNC(=O)c2cccc(NC(=O)c3cccc(C)c3)c2)ccc1OC(=O)/C=C/c1ccc([N+](=O)[O-])cc1. The number of anilines is 1. The third kappa shape index (κ3) is 8.44. The number of hydrogen-bond donors (Lipinski definition) is 2. The number of rotatable bonds is 10. The van der Waals surface area contributed by atoms with E-state index in [4.69, 9.17) is 9.47 Å². The van der Waals surface area contributed by atoms with Crippen molar-refractivity contribution in [3.05, 3.63) is 135 Å². The summed E-state index contributed by atoms with van der Waals surface area (Å²) in [5.41, 5.74) is 5.74. The lowest BCUT2D eigenvalue weighted by atomic mass is 10.1. The maximum Gasteiger partial charge on any atom is 0.336 e. The molecular weight excluding hydrogens is 552 g/mol. The quantitative estimate of drug-likeness (QED) is 0.0626. The summed E-state index contributed by atoms with van der Waals surface area (Å²) in [6.07, 6.45) is 4.05. The summed E-state index contributed by atoms with van der Waals surface area (Å²) in [6, 6.07) is 24.0. The summed E-state index contributed by atoms with van der Waals surface area (Å²) in [5.74, 6) is -1.04. The molecule has 0 saturated heterocycles. The molecule has 0 spiro atoms. The predicted octanol–water partition coefficient (Wildman–Crippen LogP) is 5.55. The zero-order valence-corrected chi connectivity index (χ0v) is 23.1. The fraction of sp³-hybridized carbons (Fsp3) is 0.0625. The number of amides is 2. The molecule has 0 unspecified atom stereocenters. The van der Waals surface area contributed by atoms with Crippen molar-refractivity contribution >= 4 is 41.4 Å². The summed E-state index contributed by atoms with van der Waals surface area (Å²) < 4.78 is 10.7. The van der Waals surface area contributed by atoms with Gasteiger partial charge in [0.1, 0.15) is 0 Å². The topological polar surface area (TPSA) is 149 Å². The van der Waals surface area contributed by atoms with Gasteiger partial charge in [0.05, 0.1) is 18.2 Å². The molecule has 0 bridgehead atoms. The lowest BCUT2D eigenvalue weighted by Gasteiger charge is -2.09. The van der Waals surface area contributed by atoms with E-state index in [2.05, 4.69) is 15.8 Å². The molecule has 11 nitrogen and oxygen atoms in total. The Morgan fingerprint density at radius 3 is 2.23 bits per heavy atom. The van der Waals surface area contributed by atoms with Gasteiger partial charge in [-0.05, 0) is 84.8 Å². The molecule has 43 heavy (non-hydrogen) atoms. The van der Waals surface area contributed by atoms with Crippen molar-refractivity contribution in [1.82, 2.24) is 5.43 Å². The third-order valence-corrected chi connectivity index (χ3v) is 5.96. The van der Waals surface area contributed by atoms with E-state index in [9.17, 15) is 24.5 Å². The second kappa shape index (κ2) is 14.0. The molecule has 0 saturated carbocycles. The van der Waals surface area contributed by atoms with Crippen LogP contribution in [0.3, 0.4) is 0 Å². The Morgan fingerprint density at radius 2 is 1.53 bits per heavy atom. The molecule has 0 atom stereocenters. The summed E-state index contributed by atoms with van der Waals surface area (Å²) in [4.78, 5) is 47.7. The van der Waals surface area contributed by atoms with Crippen LogP contribution in [0, 0.1) is 17.0 Å². The fourth-order valence-electron chi connectivity index (χ4n) is 3.82. The van der Waals surface area contributed by atoms with Gasteiger partial charge in [0, 0.05) is 35.0 Å². The van der Waals surface area contributed by atoms with Crippen molar-refractivity contribution in [2.75, 3.05) is 12.4 Å². The summed E-state index contributed by atoms with van der Waals surface area (Å²) in [7, 11) is 1.41. The van der Waals surface area contributed by atoms with E-state index in [-0.39, 0.29) is 23.1 Å². The van der Waals surface area contributed by atoms with Crippen LogP contribution < -0.4 is 20.2 Å². The fourth-order valence-corrected chi connectivity index (χ4v) is 3.82. The number of nitro groups is 1. The molecule has 0 aliphatic rings. The van der Waals surface area contributed by atoms with Crippen LogP contribution in [-0.2, 0) is 4.79 Å². The van der Waals surface area contributed by atoms with Crippen molar-refractivity contribution < 1.29 is 28.8 Å². The van der Waals surface area contributed by atoms with Gasteiger partial charge in [0.25, 0.3) is 17.5 Å². The molecule has 0 aromatic heterocycles. The van der Waals surface area contributed by atoms with E-state index >= 15 is 0 Å². The molecule has 4 rings (SSSR count). The smallest absolute Gasteiger partial charge is 0.336 e. The number of hydrazone groups is 1. The minimum atomic E-state index is -0.678. The molecule has 0 aliphatic heterocycles. The van der Waals surface area contributed by atoms with Crippen molar-refractivity contribution in [1.29, 1.82) is 0 Å². The van der Waals surface area contributed by atoms with E-state index in [1.165, 1.54) is 55.8 Å². The standard InChI is InChI=1S/C32H26N4O7/c1-21-5-3-6-24(17-21)31(38)34-26-8-4-7-25(19-26)32(39)35-33-20-23-11-15-28(29(18-23)42-2)43-30(37)16-12-22-9-13-27(14-10-22)36(40)41/h3-20H,1-2H3,(H,34,38)(H,35,39)/b16-12+,33-20?. The number of nitrogens with one attached hydrogen (secondary N) is 2. The van der Waals surface area contributed by atoms with Gasteiger partial charge < -0.3 is 14.8 Å². The van der Waals surface area contributed by atoms with Crippen LogP contribution in [0.4, 0.5) is 11.4 Å².